The predicted octanol–water partition coefficient (Wildman–Crippen LogP) is 2.90. The molecule has 2 fully saturated rings. The van der Waals surface area contributed by atoms with Crippen LogP contribution >= 0.6 is 0 Å². The van der Waals surface area contributed by atoms with Gasteiger partial charge in [-0.15, -0.1) is 5.10 Å². The minimum absolute atomic E-state index is 0.316. The Morgan fingerprint density at radius 1 is 1.33 bits per heavy atom. The summed E-state index contributed by atoms with van der Waals surface area (Å²) in [6.45, 7) is 10.2. The summed E-state index contributed by atoms with van der Waals surface area (Å²) in [6.07, 6.45) is 5.17. The van der Waals surface area contributed by atoms with Crippen LogP contribution in [-0.2, 0) is 15.9 Å². The van der Waals surface area contributed by atoms with Crippen molar-refractivity contribution in [2.75, 3.05) is 26.3 Å². The Balaban J connectivity index is 1.60. The molecular formula is C18H29BF2N4O2. The summed E-state index contributed by atoms with van der Waals surface area (Å²) < 4.78 is 40.3. The van der Waals surface area contributed by atoms with Crippen molar-refractivity contribution in [2.45, 2.75) is 58.3 Å². The lowest BCUT2D eigenvalue weighted by Gasteiger charge is -2.32. The highest BCUT2D eigenvalue weighted by atomic mass is 19.1. The van der Waals surface area contributed by atoms with Crippen molar-refractivity contribution in [1.82, 2.24) is 19.9 Å². The molecule has 2 saturated heterocycles. The van der Waals surface area contributed by atoms with Crippen molar-refractivity contribution in [2.24, 2.45) is 5.92 Å². The van der Waals surface area contributed by atoms with Gasteiger partial charge in [0.15, 0.2) is 0 Å². The molecule has 0 amide bonds. The molecule has 9 heteroatoms. The highest BCUT2D eigenvalue weighted by Gasteiger charge is 2.53. The van der Waals surface area contributed by atoms with Crippen molar-refractivity contribution in [3.05, 3.63) is 17.6 Å². The zero-order valence-corrected chi connectivity index (χ0v) is 16.6. The zero-order chi connectivity index (χ0) is 19.7. The summed E-state index contributed by atoms with van der Waals surface area (Å²) >= 11 is 0. The van der Waals surface area contributed by atoms with Gasteiger partial charge in [0.2, 0.25) is 0 Å². The van der Waals surface area contributed by atoms with Crippen LogP contribution in [0.25, 0.3) is 6.08 Å². The minimum Gasteiger partial charge on any atom is -0.398 e. The van der Waals surface area contributed by atoms with Crippen LogP contribution < -0.4 is 0 Å². The number of piperidine rings is 1. The Hall–Kier alpha value is -1.32. The number of aromatic nitrogens is 3. The van der Waals surface area contributed by atoms with Gasteiger partial charge in [0.1, 0.15) is 18.1 Å². The van der Waals surface area contributed by atoms with Crippen molar-refractivity contribution < 1.29 is 18.1 Å². The first-order valence-corrected chi connectivity index (χ1v) is 9.61. The third-order valence-corrected chi connectivity index (χ3v) is 5.77. The molecular weight excluding hydrogens is 353 g/mol. The van der Waals surface area contributed by atoms with E-state index in [1.807, 2.05) is 27.7 Å². The van der Waals surface area contributed by atoms with Gasteiger partial charge in [-0.1, -0.05) is 5.21 Å². The molecule has 0 N–H and O–H groups in total. The fourth-order valence-electron chi connectivity index (χ4n) is 3.52. The molecule has 0 bridgehead atoms. The summed E-state index contributed by atoms with van der Waals surface area (Å²) in [4.78, 5) is 2.14. The van der Waals surface area contributed by atoms with Gasteiger partial charge in [0, 0.05) is 19.6 Å². The molecule has 1 aromatic heterocycles. The Kier molecular flexibility index (Phi) is 6.03. The standard InChI is InChI=1S/C18H29BF2N4O2/c1-17(2)18(3,4)27-19(26-17)16(21)10-15-13-25(23-22-15)12-14-6-5-8-24(11-14)9-7-20/h10,13-14H,5-9,11-12H2,1-4H3. The molecule has 2 aliphatic rings. The van der Waals surface area contributed by atoms with Gasteiger partial charge in [-0.3, -0.25) is 4.68 Å². The molecule has 0 radical (unpaired) electrons. The SMILES string of the molecule is CC1(C)OB(C(F)=Cc2cn(CC3CCCN(CCF)C3)nn2)OC1(C)C. The fraction of sp³-hybridized carbons (Fsp3) is 0.778. The van der Waals surface area contributed by atoms with E-state index >= 15 is 0 Å². The molecule has 2 aliphatic heterocycles. The highest BCUT2D eigenvalue weighted by molar-refractivity contribution is 6.54. The first-order valence-electron chi connectivity index (χ1n) is 9.61. The Morgan fingerprint density at radius 3 is 2.70 bits per heavy atom. The first-order chi connectivity index (χ1) is 12.7. The van der Waals surface area contributed by atoms with Crippen molar-refractivity contribution in [3.8, 4) is 0 Å². The van der Waals surface area contributed by atoms with Gasteiger partial charge in [-0.05, 0) is 59.1 Å². The van der Waals surface area contributed by atoms with Crippen LogP contribution in [0.4, 0.5) is 8.78 Å². The molecule has 0 aromatic carbocycles. The van der Waals surface area contributed by atoms with E-state index in [1.165, 1.54) is 6.08 Å². The van der Waals surface area contributed by atoms with E-state index in [9.17, 15) is 8.78 Å². The smallest absolute Gasteiger partial charge is 0.398 e. The monoisotopic (exact) mass is 382 g/mol. The number of hydrogen-bond donors (Lipinski definition) is 0. The maximum absolute atomic E-state index is 14.6. The average Bonchev–Trinajstić information content (AvgIpc) is 3.09. The van der Waals surface area contributed by atoms with E-state index in [1.54, 1.807) is 10.9 Å². The molecule has 1 unspecified atom stereocenters. The van der Waals surface area contributed by atoms with E-state index in [-0.39, 0.29) is 6.67 Å². The van der Waals surface area contributed by atoms with Crippen molar-refractivity contribution in [1.29, 1.82) is 0 Å². The van der Waals surface area contributed by atoms with E-state index < -0.39 is 24.0 Å². The first kappa shape index (κ1) is 20.4. The van der Waals surface area contributed by atoms with Crippen LogP contribution in [0.2, 0.25) is 0 Å². The number of nitrogens with zero attached hydrogens (tertiary/aromatic N) is 4. The Bertz CT molecular complexity index is 662. The van der Waals surface area contributed by atoms with Crippen LogP contribution in [0.3, 0.4) is 0 Å². The van der Waals surface area contributed by atoms with Crippen LogP contribution in [0.1, 0.15) is 46.2 Å². The van der Waals surface area contributed by atoms with Crippen LogP contribution in [-0.4, -0.2) is 64.5 Å². The highest BCUT2D eigenvalue weighted by Crippen LogP contribution is 2.39. The molecule has 1 atom stereocenters. The molecule has 3 rings (SSSR count). The second-order valence-corrected chi connectivity index (χ2v) is 8.48. The lowest BCUT2D eigenvalue weighted by atomic mass is 9.87. The third kappa shape index (κ3) is 4.76. The van der Waals surface area contributed by atoms with E-state index in [0.29, 0.717) is 24.7 Å². The van der Waals surface area contributed by atoms with Gasteiger partial charge >= 0.3 is 7.12 Å². The Morgan fingerprint density at radius 2 is 2.04 bits per heavy atom. The summed E-state index contributed by atoms with van der Waals surface area (Å²) in [6, 6.07) is 0. The second-order valence-electron chi connectivity index (χ2n) is 8.48. The van der Waals surface area contributed by atoms with Crippen molar-refractivity contribution in [3.63, 3.8) is 0 Å². The van der Waals surface area contributed by atoms with E-state index in [2.05, 4.69) is 15.2 Å². The summed E-state index contributed by atoms with van der Waals surface area (Å²) in [5.74, 6) is 0.400. The van der Waals surface area contributed by atoms with Gasteiger partial charge in [-0.25, -0.2) is 8.78 Å². The second kappa shape index (κ2) is 7.97. The molecule has 27 heavy (non-hydrogen) atoms. The minimum atomic E-state index is -1.03. The third-order valence-electron chi connectivity index (χ3n) is 5.77. The maximum atomic E-state index is 14.6. The molecule has 0 spiro atoms. The largest absolute Gasteiger partial charge is 0.525 e. The fourth-order valence-corrected chi connectivity index (χ4v) is 3.52. The van der Waals surface area contributed by atoms with E-state index in [0.717, 1.165) is 25.9 Å². The lowest BCUT2D eigenvalue weighted by molar-refractivity contribution is 0.00578. The molecule has 6 nitrogen and oxygen atoms in total. The van der Waals surface area contributed by atoms with Gasteiger partial charge in [0.05, 0.1) is 17.4 Å². The lowest BCUT2D eigenvalue weighted by Crippen LogP contribution is -2.41. The number of halogens is 2. The molecule has 3 heterocycles. The predicted molar refractivity (Wildman–Crippen MR) is 100 cm³/mol. The number of alkyl halides is 1. The topological polar surface area (TPSA) is 52.4 Å². The summed E-state index contributed by atoms with van der Waals surface area (Å²) in [5.41, 5.74) is -1.27. The average molecular weight is 382 g/mol. The Labute approximate surface area is 160 Å². The molecule has 1 aromatic rings. The van der Waals surface area contributed by atoms with E-state index in [4.69, 9.17) is 9.31 Å². The number of rotatable bonds is 6. The number of hydrogen-bond acceptors (Lipinski definition) is 5. The summed E-state index contributed by atoms with van der Waals surface area (Å²) in [5, 5.41) is 8.13. The van der Waals surface area contributed by atoms with Gasteiger partial charge in [-0.2, -0.15) is 0 Å². The van der Waals surface area contributed by atoms with Crippen LogP contribution in [0.5, 0.6) is 0 Å². The maximum Gasteiger partial charge on any atom is 0.525 e. The van der Waals surface area contributed by atoms with Gasteiger partial charge < -0.3 is 14.2 Å². The molecule has 0 aliphatic carbocycles. The van der Waals surface area contributed by atoms with Crippen molar-refractivity contribution >= 4 is 13.2 Å². The molecule has 150 valence electrons. The number of likely N-dealkylation sites (tertiary alicyclic amines) is 1. The normalized spacial score (nSPS) is 25.9. The van der Waals surface area contributed by atoms with Gasteiger partial charge in [0.25, 0.3) is 0 Å². The van der Waals surface area contributed by atoms with Crippen LogP contribution in [0, 0.1) is 5.92 Å². The summed E-state index contributed by atoms with van der Waals surface area (Å²) in [7, 11) is -1.03. The van der Waals surface area contributed by atoms with Crippen LogP contribution in [0.15, 0.2) is 11.9 Å². The molecule has 0 saturated carbocycles. The zero-order valence-electron chi connectivity index (χ0n) is 16.6. The quantitative estimate of drug-likeness (QED) is 0.709.